The SMILES string of the molecule is CC(C)(C)C1CCC(C(=O)Nc2sccc2C(=O)O)CC1. The second kappa shape index (κ2) is 6.18. The maximum atomic E-state index is 12.3. The van der Waals surface area contributed by atoms with Gasteiger partial charge in [-0.3, -0.25) is 4.79 Å². The van der Waals surface area contributed by atoms with Crippen molar-refractivity contribution >= 4 is 28.2 Å². The van der Waals surface area contributed by atoms with E-state index in [1.54, 1.807) is 5.38 Å². The zero-order chi connectivity index (χ0) is 15.6. The quantitative estimate of drug-likeness (QED) is 0.877. The van der Waals surface area contributed by atoms with Crippen molar-refractivity contribution in [1.82, 2.24) is 0 Å². The van der Waals surface area contributed by atoms with Crippen LogP contribution < -0.4 is 5.32 Å². The smallest absolute Gasteiger partial charge is 0.338 e. The van der Waals surface area contributed by atoms with Gasteiger partial charge >= 0.3 is 5.97 Å². The number of nitrogens with one attached hydrogen (secondary N) is 1. The van der Waals surface area contributed by atoms with E-state index in [-0.39, 0.29) is 17.4 Å². The van der Waals surface area contributed by atoms with Gasteiger partial charge in [0, 0.05) is 5.92 Å². The summed E-state index contributed by atoms with van der Waals surface area (Å²) in [5, 5.41) is 14.0. The first-order valence-corrected chi connectivity index (χ1v) is 8.28. The zero-order valence-corrected chi connectivity index (χ0v) is 13.6. The van der Waals surface area contributed by atoms with Crippen LogP contribution in [0.2, 0.25) is 0 Å². The molecule has 5 heteroatoms. The van der Waals surface area contributed by atoms with E-state index in [2.05, 4.69) is 26.1 Å². The Labute approximate surface area is 129 Å². The summed E-state index contributed by atoms with van der Waals surface area (Å²) in [4.78, 5) is 23.3. The minimum Gasteiger partial charge on any atom is -0.478 e. The van der Waals surface area contributed by atoms with Crippen LogP contribution in [0.5, 0.6) is 0 Å². The van der Waals surface area contributed by atoms with Crippen molar-refractivity contribution in [1.29, 1.82) is 0 Å². The molecule has 1 aliphatic rings. The number of anilines is 1. The average molecular weight is 309 g/mol. The van der Waals surface area contributed by atoms with Crippen LogP contribution in [0.4, 0.5) is 5.00 Å². The topological polar surface area (TPSA) is 66.4 Å². The fourth-order valence-corrected chi connectivity index (χ4v) is 3.79. The lowest BCUT2D eigenvalue weighted by atomic mass is 9.70. The van der Waals surface area contributed by atoms with E-state index in [0.717, 1.165) is 25.7 Å². The van der Waals surface area contributed by atoms with E-state index in [0.29, 0.717) is 16.3 Å². The average Bonchev–Trinajstić information content (AvgIpc) is 2.86. The number of hydrogen-bond donors (Lipinski definition) is 2. The van der Waals surface area contributed by atoms with Gasteiger partial charge in [0.15, 0.2) is 0 Å². The first-order valence-electron chi connectivity index (χ1n) is 7.40. The van der Waals surface area contributed by atoms with Crippen LogP contribution in [-0.2, 0) is 4.79 Å². The van der Waals surface area contributed by atoms with Crippen LogP contribution in [-0.4, -0.2) is 17.0 Å². The lowest BCUT2D eigenvalue weighted by Gasteiger charge is -2.36. The summed E-state index contributed by atoms with van der Waals surface area (Å²) in [6, 6.07) is 1.53. The third-order valence-electron chi connectivity index (χ3n) is 4.46. The Kier molecular flexibility index (Phi) is 4.71. The van der Waals surface area contributed by atoms with Gasteiger partial charge in [-0.05, 0) is 48.5 Å². The van der Waals surface area contributed by atoms with E-state index in [9.17, 15) is 9.59 Å². The number of carboxylic acid groups (broad SMARTS) is 1. The summed E-state index contributed by atoms with van der Waals surface area (Å²) in [6.45, 7) is 6.76. The molecule has 1 fully saturated rings. The monoisotopic (exact) mass is 309 g/mol. The highest BCUT2D eigenvalue weighted by Gasteiger charge is 2.32. The van der Waals surface area contributed by atoms with Gasteiger partial charge in [0.2, 0.25) is 5.91 Å². The molecule has 116 valence electrons. The number of thiophene rings is 1. The van der Waals surface area contributed by atoms with Gasteiger partial charge < -0.3 is 10.4 Å². The molecule has 0 bridgehead atoms. The molecule has 1 amide bonds. The van der Waals surface area contributed by atoms with Gasteiger partial charge in [-0.15, -0.1) is 11.3 Å². The standard InChI is InChI=1S/C16H23NO3S/c1-16(2,3)11-6-4-10(5-7-11)13(18)17-14-12(15(19)20)8-9-21-14/h8-11H,4-7H2,1-3H3,(H,17,18)(H,19,20). The summed E-state index contributed by atoms with van der Waals surface area (Å²) in [7, 11) is 0. The molecular formula is C16H23NO3S. The third kappa shape index (κ3) is 3.84. The molecule has 1 saturated carbocycles. The molecule has 1 heterocycles. The van der Waals surface area contributed by atoms with Gasteiger partial charge in [-0.25, -0.2) is 4.79 Å². The summed E-state index contributed by atoms with van der Waals surface area (Å²) < 4.78 is 0. The van der Waals surface area contributed by atoms with Crippen LogP contribution in [0.3, 0.4) is 0 Å². The second-order valence-electron chi connectivity index (χ2n) is 6.87. The molecule has 2 N–H and O–H groups in total. The predicted octanol–water partition coefficient (Wildman–Crippen LogP) is 4.24. The largest absolute Gasteiger partial charge is 0.478 e. The molecule has 0 saturated heterocycles. The van der Waals surface area contributed by atoms with E-state index >= 15 is 0 Å². The van der Waals surface area contributed by atoms with Gasteiger partial charge in [0.05, 0.1) is 5.56 Å². The highest BCUT2D eigenvalue weighted by Crippen LogP contribution is 2.40. The van der Waals surface area contributed by atoms with E-state index < -0.39 is 5.97 Å². The lowest BCUT2D eigenvalue weighted by molar-refractivity contribution is -0.121. The molecule has 0 atom stereocenters. The molecule has 1 aromatic rings. The van der Waals surface area contributed by atoms with E-state index in [4.69, 9.17) is 5.11 Å². The van der Waals surface area contributed by atoms with Crippen LogP contribution in [0.1, 0.15) is 56.8 Å². The molecule has 2 rings (SSSR count). The molecule has 0 spiro atoms. The minimum atomic E-state index is -0.997. The lowest BCUT2D eigenvalue weighted by Crippen LogP contribution is -2.31. The van der Waals surface area contributed by atoms with Crippen molar-refractivity contribution in [3.05, 3.63) is 17.0 Å². The number of amides is 1. The number of carboxylic acids is 1. The van der Waals surface area contributed by atoms with Gasteiger partial charge in [-0.2, -0.15) is 0 Å². The molecule has 1 aliphatic carbocycles. The normalized spacial score (nSPS) is 22.8. The molecular weight excluding hydrogens is 286 g/mol. The molecule has 21 heavy (non-hydrogen) atoms. The third-order valence-corrected chi connectivity index (χ3v) is 5.28. The Bertz CT molecular complexity index is 522. The molecule has 0 aliphatic heterocycles. The van der Waals surface area contributed by atoms with Gasteiger partial charge in [-0.1, -0.05) is 20.8 Å². The predicted molar refractivity (Wildman–Crippen MR) is 84.8 cm³/mol. The Morgan fingerprint density at radius 3 is 2.38 bits per heavy atom. The number of carbonyl (C=O) groups is 2. The first-order chi connectivity index (χ1) is 9.79. The fourth-order valence-electron chi connectivity index (χ4n) is 3.01. The summed E-state index contributed by atoms with van der Waals surface area (Å²) in [6.07, 6.45) is 3.92. The minimum absolute atomic E-state index is 0.00680. The Balaban J connectivity index is 1.94. The Hall–Kier alpha value is -1.36. The van der Waals surface area contributed by atoms with Crippen molar-refractivity contribution in [2.45, 2.75) is 46.5 Å². The van der Waals surface area contributed by atoms with E-state index in [1.165, 1.54) is 17.4 Å². The fraction of sp³-hybridized carbons (Fsp3) is 0.625. The molecule has 1 aromatic heterocycles. The number of carbonyl (C=O) groups excluding carboxylic acids is 1. The highest BCUT2D eigenvalue weighted by atomic mass is 32.1. The van der Waals surface area contributed by atoms with E-state index in [1.807, 2.05) is 0 Å². The Morgan fingerprint density at radius 2 is 1.86 bits per heavy atom. The maximum Gasteiger partial charge on any atom is 0.338 e. The summed E-state index contributed by atoms with van der Waals surface area (Å²) in [5.41, 5.74) is 0.475. The molecule has 0 radical (unpaired) electrons. The number of hydrogen-bond acceptors (Lipinski definition) is 3. The van der Waals surface area contributed by atoms with Crippen molar-refractivity contribution < 1.29 is 14.7 Å². The number of aromatic carboxylic acids is 1. The van der Waals surface area contributed by atoms with Crippen molar-refractivity contribution in [2.75, 3.05) is 5.32 Å². The highest BCUT2D eigenvalue weighted by molar-refractivity contribution is 7.14. The zero-order valence-electron chi connectivity index (χ0n) is 12.8. The van der Waals surface area contributed by atoms with Crippen LogP contribution >= 0.6 is 11.3 Å². The van der Waals surface area contributed by atoms with Crippen LogP contribution in [0, 0.1) is 17.3 Å². The molecule has 0 aromatic carbocycles. The van der Waals surface area contributed by atoms with Crippen LogP contribution in [0.25, 0.3) is 0 Å². The molecule has 4 nitrogen and oxygen atoms in total. The van der Waals surface area contributed by atoms with Crippen LogP contribution in [0.15, 0.2) is 11.4 Å². The van der Waals surface area contributed by atoms with Gasteiger partial charge in [0.1, 0.15) is 5.00 Å². The molecule has 0 unspecified atom stereocenters. The van der Waals surface area contributed by atoms with Crippen molar-refractivity contribution in [2.24, 2.45) is 17.3 Å². The maximum absolute atomic E-state index is 12.3. The Morgan fingerprint density at radius 1 is 1.24 bits per heavy atom. The summed E-state index contributed by atoms with van der Waals surface area (Å²) >= 11 is 1.26. The van der Waals surface area contributed by atoms with Crippen molar-refractivity contribution in [3.8, 4) is 0 Å². The number of rotatable bonds is 3. The first kappa shape index (κ1) is 16.0. The second-order valence-corrected chi connectivity index (χ2v) is 7.79. The summed E-state index contributed by atoms with van der Waals surface area (Å²) in [5.74, 6) is -0.361. The van der Waals surface area contributed by atoms with Crippen molar-refractivity contribution in [3.63, 3.8) is 0 Å². The van der Waals surface area contributed by atoms with Gasteiger partial charge in [0.25, 0.3) is 0 Å².